The van der Waals surface area contributed by atoms with Gasteiger partial charge in [0.1, 0.15) is 6.54 Å². The second kappa shape index (κ2) is 7.49. The van der Waals surface area contributed by atoms with Gasteiger partial charge in [-0.3, -0.25) is 9.10 Å². The molecular formula is C18H22N2O3S. The SMILES string of the molecule is Cc1cccc(CNC(=O)CN(c2cccc(C)c2)S(C)(=O)=O)c1. The average molecular weight is 346 g/mol. The summed E-state index contributed by atoms with van der Waals surface area (Å²) in [5.74, 6) is -0.344. The Morgan fingerprint density at radius 2 is 1.67 bits per heavy atom. The van der Waals surface area contributed by atoms with E-state index in [1.54, 1.807) is 18.2 Å². The number of amides is 1. The molecule has 0 saturated heterocycles. The molecule has 2 aromatic rings. The third-order valence-corrected chi connectivity index (χ3v) is 4.69. The van der Waals surface area contributed by atoms with Gasteiger partial charge in [0.2, 0.25) is 15.9 Å². The van der Waals surface area contributed by atoms with Gasteiger partial charge in [-0.25, -0.2) is 8.42 Å². The lowest BCUT2D eigenvalue weighted by Gasteiger charge is -2.22. The number of hydrogen-bond acceptors (Lipinski definition) is 3. The first-order chi connectivity index (χ1) is 11.3. The summed E-state index contributed by atoms with van der Waals surface area (Å²) >= 11 is 0. The molecular weight excluding hydrogens is 324 g/mol. The fraction of sp³-hybridized carbons (Fsp3) is 0.278. The fourth-order valence-electron chi connectivity index (χ4n) is 2.39. The van der Waals surface area contributed by atoms with Crippen LogP contribution >= 0.6 is 0 Å². The number of nitrogens with one attached hydrogen (secondary N) is 1. The third-order valence-electron chi connectivity index (χ3n) is 3.55. The molecule has 0 atom stereocenters. The Morgan fingerprint density at radius 3 is 2.25 bits per heavy atom. The summed E-state index contributed by atoms with van der Waals surface area (Å²) in [7, 11) is -3.55. The van der Waals surface area contributed by atoms with Gasteiger partial charge >= 0.3 is 0 Å². The fourth-order valence-corrected chi connectivity index (χ4v) is 3.24. The molecule has 0 fully saturated rings. The molecule has 2 aromatic carbocycles. The van der Waals surface area contributed by atoms with Crippen molar-refractivity contribution in [1.82, 2.24) is 5.32 Å². The van der Waals surface area contributed by atoms with Crippen molar-refractivity contribution in [2.45, 2.75) is 20.4 Å². The molecule has 1 amide bonds. The van der Waals surface area contributed by atoms with Crippen LogP contribution in [0.5, 0.6) is 0 Å². The molecule has 0 spiro atoms. The van der Waals surface area contributed by atoms with E-state index in [0.29, 0.717) is 12.2 Å². The van der Waals surface area contributed by atoms with Crippen LogP contribution in [0.4, 0.5) is 5.69 Å². The summed E-state index contributed by atoms with van der Waals surface area (Å²) in [5, 5.41) is 2.77. The van der Waals surface area contributed by atoms with Crippen molar-refractivity contribution in [3.05, 3.63) is 65.2 Å². The number of nitrogens with zero attached hydrogens (tertiary/aromatic N) is 1. The van der Waals surface area contributed by atoms with Crippen molar-refractivity contribution in [3.63, 3.8) is 0 Å². The number of rotatable bonds is 6. The predicted molar refractivity (Wildman–Crippen MR) is 96.4 cm³/mol. The summed E-state index contributed by atoms with van der Waals surface area (Å²) in [4.78, 5) is 12.2. The molecule has 0 heterocycles. The molecule has 0 aromatic heterocycles. The number of hydrogen-bond donors (Lipinski definition) is 1. The van der Waals surface area contributed by atoms with E-state index in [1.807, 2.05) is 44.2 Å². The summed E-state index contributed by atoms with van der Waals surface area (Å²) < 4.78 is 25.2. The Labute approximate surface area is 143 Å². The Hall–Kier alpha value is -2.34. The smallest absolute Gasteiger partial charge is 0.241 e. The second-order valence-corrected chi connectivity index (χ2v) is 7.78. The van der Waals surface area contributed by atoms with Crippen LogP contribution in [0, 0.1) is 13.8 Å². The Kier molecular flexibility index (Phi) is 5.62. The van der Waals surface area contributed by atoms with Gasteiger partial charge in [-0.2, -0.15) is 0 Å². The maximum atomic E-state index is 12.2. The molecule has 0 saturated carbocycles. The highest BCUT2D eigenvalue weighted by Crippen LogP contribution is 2.18. The van der Waals surface area contributed by atoms with Gasteiger partial charge in [0.25, 0.3) is 0 Å². The Balaban J connectivity index is 2.08. The number of sulfonamides is 1. The zero-order valence-corrected chi connectivity index (χ0v) is 14.9. The van der Waals surface area contributed by atoms with Gasteiger partial charge in [0, 0.05) is 6.54 Å². The number of aryl methyl sites for hydroxylation is 2. The number of carbonyl (C=O) groups is 1. The topological polar surface area (TPSA) is 66.5 Å². The van der Waals surface area contributed by atoms with Crippen LogP contribution in [-0.2, 0) is 21.4 Å². The van der Waals surface area contributed by atoms with Crippen molar-refractivity contribution in [2.24, 2.45) is 0 Å². The molecule has 5 nitrogen and oxygen atoms in total. The van der Waals surface area contributed by atoms with Gasteiger partial charge in [-0.05, 0) is 37.1 Å². The monoisotopic (exact) mass is 346 g/mol. The van der Waals surface area contributed by atoms with Crippen molar-refractivity contribution >= 4 is 21.6 Å². The Bertz CT molecular complexity index is 832. The van der Waals surface area contributed by atoms with Crippen molar-refractivity contribution in [2.75, 3.05) is 17.1 Å². The van der Waals surface area contributed by atoms with Crippen molar-refractivity contribution in [1.29, 1.82) is 0 Å². The normalized spacial score (nSPS) is 11.1. The van der Waals surface area contributed by atoms with Crippen LogP contribution in [0.25, 0.3) is 0 Å². The van der Waals surface area contributed by atoms with Gasteiger partial charge in [-0.15, -0.1) is 0 Å². The van der Waals surface area contributed by atoms with E-state index in [1.165, 1.54) is 0 Å². The van der Waals surface area contributed by atoms with Crippen LogP contribution in [0.3, 0.4) is 0 Å². The zero-order chi connectivity index (χ0) is 17.7. The van der Waals surface area contributed by atoms with E-state index in [0.717, 1.165) is 27.3 Å². The van der Waals surface area contributed by atoms with Gasteiger partial charge in [0.15, 0.2) is 0 Å². The highest BCUT2D eigenvalue weighted by atomic mass is 32.2. The summed E-state index contributed by atoms with van der Waals surface area (Å²) in [6.45, 7) is 3.98. The van der Waals surface area contributed by atoms with Crippen LogP contribution < -0.4 is 9.62 Å². The highest BCUT2D eigenvalue weighted by Gasteiger charge is 2.20. The van der Waals surface area contributed by atoms with Crippen molar-refractivity contribution < 1.29 is 13.2 Å². The van der Waals surface area contributed by atoms with E-state index in [9.17, 15) is 13.2 Å². The summed E-state index contributed by atoms with van der Waals surface area (Å²) in [6.07, 6.45) is 1.10. The first-order valence-electron chi connectivity index (χ1n) is 7.62. The van der Waals surface area contributed by atoms with Crippen molar-refractivity contribution in [3.8, 4) is 0 Å². The van der Waals surface area contributed by atoms with E-state index >= 15 is 0 Å². The minimum Gasteiger partial charge on any atom is -0.350 e. The van der Waals surface area contributed by atoms with Crippen LogP contribution in [0.15, 0.2) is 48.5 Å². The molecule has 1 N–H and O–H groups in total. The summed E-state index contributed by atoms with van der Waals surface area (Å²) in [6, 6.07) is 14.9. The molecule has 0 aliphatic heterocycles. The first-order valence-corrected chi connectivity index (χ1v) is 9.47. The minimum atomic E-state index is -3.55. The standard InChI is InChI=1S/C18H22N2O3S/c1-14-6-4-8-16(10-14)12-19-18(21)13-20(24(3,22)23)17-9-5-7-15(2)11-17/h4-11H,12-13H2,1-3H3,(H,19,21). The van der Waals surface area contributed by atoms with E-state index in [4.69, 9.17) is 0 Å². The Morgan fingerprint density at radius 1 is 1.04 bits per heavy atom. The van der Waals surface area contributed by atoms with E-state index in [2.05, 4.69) is 5.32 Å². The predicted octanol–water partition coefficient (Wildman–Crippen LogP) is 2.39. The second-order valence-electron chi connectivity index (χ2n) is 5.87. The quantitative estimate of drug-likeness (QED) is 0.873. The summed E-state index contributed by atoms with van der Waals surface area (Å²) in [5.41, 5.74) is 3.51. The lowest BCUT2D eigenvalue weighted by molar-refractivity contribution is -0.119. The number of carbonyl (C=O) groups excluding carboxylic acids is 1. The van der Waals surface area contributed by atoms with Crippen LogP contribution in [0.1, 0.15) is 16.7 Å². The van der Waals surface area contributed by atoms with E-state index < -0.39 is 10.0 Å². The maximum absolute atomic E-state index is 12.2. The largest absolute Gasteiger partial charge is 0.350 e. The molecule has 24 heavy (non-hydrogen) atoms. The van der Waals surface area contributed by atoms with Gasteiger partial charge in [-0.1, -0.05) is 42.0 Å². The van der Waals surface area contributed by atoms with Crippen LogP contribution in [-0.4, -0.2) is 27.1 Å². The molecule has 0 bridgehead atoms. The molecule has 0 radical (unpaired) electrons. The molecule has 6 heteroatoms. The van der Waals surface area contributed by atoms with Gasteiger partial charge in [0.05, 0.1) is 11.9 Å². The van der Waals surface area contributed by atoms with Crippen LogP contribution in [0.2, 0.25) is 0 Å². The third kappa shape index (κ3) is 5.09. The minimum absolute atomic E-state index is 0.242. The maximum Gasteiger partial charge on any atom is 0.241 e. The van der Waals surface area contributed by atoms with E-state index in [-0.39, 0.29) is 12.5 Å². The first kappa shape index (κ1) is 18.0. The van der Waals surface area contributed by atoms with Gasteiger partial charge < -0.3 is 5.32 Å². The lowest BCUT2D eigenvalue weighted by Crippen LogP contribution is -2.40. The average Bonchev–Trinajstić information content (AvgIpc) is 2.49. The lowest BCUT2D eigenvalue weighted by atomic mass is 10.1. The molecule has 0 unspecified atom stereocenters. The molecule has 128 valence electrons. The molecule has 0 aliphatic carbocycles. The molecule has 0 aliphatic rings. The number of benzene rings is 2. The highest BCUT2D eigenvalue weighted by molar-refractivity contribution is 7.92. The number of anilines is 1. The zero-order valence-electron chi connectivity index (χ0n) is 14.1. The molecule has 2 rings (SSSR count).